The molecule has 0 saturated carbocycles. The lowest BCUT2D eigenvalue weighted by atomic mass is 10.0. The van der Waals surface area contributed by atoms with Crippen molar-refractivity contribution < 1.29 is 17.9 Å². The first kappa shape index (κ1) is 29.8. The van der Waals surface area contributed by atoms with Gasteiger partial charge in [0, 0.05) is 55.5 Å². The van der Waals surface area contributed by atoms with Gasteiger partial charge in [-0.3, -0.25) is 19.5 Å². The van der Waals surface area contributed by atoms with Gasteiger partial charge < -0.3 is 20.3 Å². The normalized spacial score (nSPS) is 13.9. The lowest BCUT2D eigenvalue weighted by Crippen LogP contribution is -2.36. The molecule has 0 atom stereocenters. The maximum atomic E-state index is 13.6. The van der Waals surface area contributed by atoms with Crippen LogP contribution < -0.4 is 19.8 Å². The predicted molar refractivity (Wildman–Crippen MR) is 171 cm³/mol. The summed E-state index contributed by atoms with van der Waals surface area (Å²) >= 11 is 0. The van der Waals surface area contributed by atoms with Gasteiger partial charge in [-0.1, -0.05) is 24.3 Å². The second-order valence-corrected chi connectivity index (χ2v) is 12.3. The van der Waals surface area contributed by atoms with Crippen molar-refractivity contribution in [1.29, 1.82) is 5.41 Å². The zero-order valence-electron chi connectivity index (χ0n) is 24.1. The molecule has 0 unspecified atom stereocenters. The molecule has 1 fully saturated rings. The minimum absolute atomic E-state index is 0.0198. The molecule has 0 bridgehead atoms. The number of carbonyl (C=O) groups excluding carboxylic acids is 1. The number of carbonyl (C=O) groups is 1. The van der Waals surface area contributed by atoms with Gasteiger partial charge in [0.1, 0.15) is 5.84 Å². The highest BCUT2D eigenvalue weighted by Crippen LogP contribution is 2.28. The molecule has 43 heavy (non-hydrogen) atoms. The van der Waals surface area contributed by atoms with Gasteiger partial charge in [0.2, 0.25) is 10.0 Å². The number of sulfonamides is 1. The van der Waals surface area contributed by atoms with Crippen LogP contribution in [0.3, 0.4) is 0 Å². The highest BCUT2D eigenvalue weighted by molar-refractivity contribution is 7.93. The number of pyridine rings is 1. The van der Waals surface area contributed by atoms with Crippen LogP contribution in [-0.2, 0) is 26.1 Å². The smallest absolute Gasteiger partial charge is 0.323 e. The predicted octanol–water partition coefficient (Wildman–Crippen LogP) is 4.14. The molecule has 1 aliphatic rings. The number of hydrogen-bond acceptors (Lipinski definition) is 8. The largest absolute Gasteiger partial charge is 0.465 e. The minimum Gasteiger partial charge on any atom is -0.465 e. The van der Waals surface area contributed by atoms with Crippen molar-refractivity contribution in [3.8, 4) is 0 Å². The monoisotopic (exact) mass is 600 g/mol. The highest BCUT2D eigenvalue weighted by atomic mass is 32.2. The van der Waals surface area contributed by atoms with Crippen LogP contribution in [-0.4, -0.2) is 63.7 Å². The van der Waals surface area contributed by atoms with Crippen LogP contribution in [0.25, 0.3) is 10.8 Å². The van der Waals surface area contributed by atoms with E-state index < -0.39 is 21.7 Å². The number of hydrogen-bond donors (Lipinski definition) is 2. The van der Waals surface area contributed by atoms with Crippen molar-refractivity contribution in [3.05, 3.63) is 96.3 Å². The van der Waals surface area contributed by atoms with Crippen LogP contribution in [0.15, 0.2) is 85.2 Å². The molecule has 2 heterocycles. The van der Waals surface area contributed by atoms with Crippen LogP contribution in [0.1, 0.15) is 24.5 Å². The lowest BCUT2D eigenvalue weighted by molar-refractivity contribution is -0.139. The van der Waals surface area contributed by atoms with E-state index in [1.165, 1.54) is 4.31 Å². The molecule has 0 aliphatic carbocycles. The Bertz CT molecular complexity index is 1700. The fraction of sp³-hybridized carbons (Fsp3) is 0.281. The molecule has 1 saturated heterocycles. The van der Waals surface area contributed by atoms with Crippen LogP contribution in [0.2, 0.25) is 0 Å². The first-order valence-electron chi connectivity index (χ1n) is 14.3. The minimum atomic E-state index is -4.07. The summed E-state index contributed by atoms with van der Waals surface area (Å²) in [6, 6.07) is 22.6. The third-order valence-corrected chi connectivity index (χ3v) is 9.12. The Kier molecular flexibility index (Phi) is 9.10. The average molecular weight is 601 g/mol. The summed E-state index contributed by atoms with van der Waals surface area (Å²) < 4.78 is 33.4. The van der Waals surface area contributed by atoms with Gasteiger partial charge >= 0.3 is 5.97 Å². The van der Waals surface area contributed by atoms with Crippen molar-refractivity contribution in [2.24, 2.45) is 5.73 Å². The van der Waals surface area contributed by atoms with Crippen molar-refractivity contribution >= 4 is 49.7 Å². The molecule has 3 aromatic carbocycles. The Balaban J connectivity index is 1.40. The number of nitrogen functional groups attached to an aromatic ring is 1. The number of anilines is 3. The SMILES string of the molecule is CCOC(=O)CS(=O)(=O)N(Cc1ccc2ccc(C(=N)N)cc2c1)c1ccc(N2CCCN(c3ccncc3)CC2)cc1. The number of esters is 1. The third kappa shape index (κ3) is 7.23. The van der Waals surface area contributed by atoms with Crippen molar-refractivity contribution in [2.75, 3.05) is 52.6 Å². The number of ether oxygens (including phenoxy) is 1. The summed E-state index contributed by atoms with van der Waals surface area (Å²) in [5.41, 5.74) is 9.61. The molecule has 1 aromatic heterocycles. The van der Waals surface area contributed by atoms with E-state index in [4.69, 9.17) is 15.9 Å². The van der Waals surface area contributed by atoms with E-state index in [-0.39, 0.29) is 19.0 Å². The molecule has 1 aliphatic heterocycles. The molecule has 4 aromatic rings. The molecule has 0 spiro atoms. The second-order valence-electron chi connectivity index (χ2n) is 10.4. The molecular weight excluding hydrogens is 564 g/mol. The summed E-state index contributed by atoms with van der Waals surface area (Å²) in [7, 11) is -4.07. The number of nitrogens with two attached hydrogens (primary N) is 1. The molecular formula is C32H36N6O4S. The summed E-state index contributed by atoms with van der Waals surface area (Å²) in [6.45, 7) is 5.27. The molecule has 0 radical (unpaired) electrons. The zero-order valence-corrected chi connectivity index (χ0v) is 25.0. The number of nitrogens with zero attached hydrogens (tertiary/aromatic N) is 4. The van der Waals surface area contributed by atoms with Gasteiger partial charge in [-0.15, -0.1) is 0 Å². The summed E-state index contributed by atoms with van der Waals surface area (Å²) in [5.74, 6) is -1.60. The Morgan fingerprint density at radius 2 is 1.56 bits per heavy atom. The van der Waals surface area contributed by atoms with Gasteiger partial charge in [0.25, 0.3) is 0 Å². The Morgan fingerprint density at radius 3 is 2.21 bits per heavy atom. The van der Waals surface area contributed by atoms with Crippen molar-refractivity contribution in [2.45, 2.75) is 19.9 Å². The van der Waals surface area contributed by atoms with Crippen LogP contribution in [0.4, 0.5) is 17.1 Å². The first-order chi connectivity index (χ1) is 20.7. The number of benzene rings is 3. The van der Waals surface area contributed by atoms with E-state index >= 15 is 0 Å². The van der Waals surface area contributed by atoms with E-state index in [0.717, 1.165) is 60.3 Å². The summed E-state index contributed by atoms with van der Waals surface area (Å²) in [5, 5.41) is 9.54. The number of aromatic nitrogens is 1. The first-order valence-corrected chi connectivity index (χ1v) is 15.9. The second kappa shape index (κ2) is 13.1. The van der Waals surface area contributed by atoms with E-state index in [2.05, 4.69) is 14.8 Å². The average Bonchev–Trinajstić information content (AvgIpc) is 3.26. The molecule has 5 rings (SSSR count). The van der Waals surface area contributed by atoms with Gasteiger partial charge in [-0.25, -0.2) is 8.42 Å². The zero-order chi connectivity index (χ0) is 30.4. The number of rotatable bonds is 10. The third-order valence-electron chi connectivity index (χ3n) is 7.51. The van der Waals surface area contributed by atoms with Gasteiger partial charge in [-0.2, -0.15) is 0 Å². The maximum absolute atomic E-state index is 13.6. The van der Waals surface area contributed by atoms with Crippen LogP contribution >= 0.6 is 0 Å². The fourth-order valence-electron chi connectivity index (χ4n) is 5.33. The maximum Gasteiger partial charge on any atom is 0.323 e. The summed E-state index contributed by atoms with van der Waals surface area (Å²) in [6.07, 6.45) is 4.59. The Morgan fingerprint density at radius 1 is 0.907 bits per heavy atom. The standard InChI is InChI=1S/C32H36N6O4S/c1-2-42-31(39)23-43(40,41)38(22-24-4-5-25-6-7-26(32(33)34)21-27(25)20-24)30-10-8-28(9-11-30)36-16-3-17-37(19-18-36)29-12-14-35-15-13-29/h4-15,20-21H,2-3,16-19,22-23H2,1H3,(H3,33,34). The quantitative estimate of drug-likeness (QED) is 0.158. The fourth-order valence-corrected chi connectivity index (χ4v) is 6.65. The molecule has 11 heteroatoms. The number of nitrogens with one attached hydrogen (secondary N) is 1. The Labute approximate surface area is 252 Å². The highest BCUT2D eigenvalue weighted by Gasteiger charge is 2.27. The van der Waals surface area contributed by atoms with Gasteiger partial charge in [-0.05, 0) is 78.2 Å². The molecule has 0 amide bonds. The number of amidine groups is 1. The van der Waals surface area contributed by atoms with E-state index in [1.807, 2.05) is 54.6 Å². The van der Waals surface area contributed by atoms with Crippen LogP contribution in [0.5, 0.6) is 0 Å². The number of fused-ring (bicyclic) bond motifs is 1. The molecule has 10 nitrogen and oxygen atoms in total. The van der Waals surface area contributed by atoms with Gasteiger partial charge in [0.15, 0.2) is 5.75 Å². The van der Waals surface area contributed by atoms with Gasteiger partial charge in [0.05, 0.1) is 18.8 Å². The summed E-state index contributed by atoms with van der Waals surface area (Å²) in [4.78, 5) is 21.0. The molecule has 3 N–H and O–H groups in total. The lowest BCUT2D eigenvalue weighted by Gasteiger charge is -2.27. The van der Waals surface area contributed by atoms with E-state index in [9.17, 15) is 13.2 Å². The van der Waals surface area contributed by atoms with Crippen molar-refractivity contribution in [3.63, 3.8) is 0 Å². The Hall–Kier alpha value is -4.64. The molecule has 224 valence electrons. The topological polar surface area (TPSA) is 133 Å². The van der Waals surface area contributed by atoms with E-state index in [1.54, 1.807) is 37.5 Å². The van der Waals surface area contributed by atoms with E-state index in [0.29, 0.717) is 11.3 Å². The van der Waals surface area contributed by atoms with Crippen LogP contribution in [0, 0.1) is 5.41 Å². The van der Waals surface area contributed by atoms with Crippen molar-refractivity contribution in [1.82, 2.24) is 4.98 Å².